The molecule has 0 aliphatic heterocycles. The predicted molar refractivity (Wildman–Crippen MR) is 61.2 cm³/mol. The van der Waals surface area contributed by atoms with Crippen molar-refractivity contribution >= 4 is 27.1 Å². The quantitative estimate of drug-likeness (QED) is 0.863. The Labute approximate surface area is 98.1 Å². The molecule has 0 saturated carbocycles. The van der Waals surface area contributed by atoms with Crippen molar-refractivity contribution in [3.63, 3.8) is 0 Å². The number of hydrogen-bond donors (Lipinski definition) is 1. The Balaban J connectivity index is 2.90. The maximum absolute atomic E-state index is 11.8. The third kappa shape index (κ3) is 3.02. The van der Waals surface area contributed by atoms with E-state index in [9.17, 15) is 13.2 Å². The number of carbonyl (C=O) groups is 1. The van der Waals surface area contributed by atoms with Gasteiger partial charge in [0, 0.05) is 5.38 Å². The van der Waals surface area contributed by atoms with Crippen molar-refractivity contribution < 1.29 is 18.3 Å². The number of rotatable bonds is 5. The first-order chi connectivity index (χ1) is 7.36. The van der Waals surface area contributed by atoms with Gasteiger partial charge in [0.05, 0.1) is 16.5 Å². The Morgan fingerprint density at radius 2 is 2.25 bits per heavy atom. The summed E-state index contributed by atoms with van der Waals surface area (Å²) < 4.78 is 23.5. The molecule has 90 valence electrons. The minimum atomic E-state index is -3.67. The van der Waals surface area contributed by atoms with Crippen LogP contribution in [-0.4, -0.2) is 29.7 Å². The van der Waals surface area contributed by atoms with Crippen molar-refractivity contribution in [1.29, 1.82) is 0 Å². The van der Waals surface area contributed by atoms with Gasteiger partial charge in [-0.2, -0.15) is 0 Å². The Morgan fingerprint density at radius 1 is 1.62 bits per heavy atom. The molecule has 1 heterocycles. The third-order valence-electron chi connectivity index (χ3n) is 2.10. The van der Waals surface area contributed by atoms with Gasteiger partial charge < -0.3 is 5.11 Å². The minimum absolute atomic E-state index is 0.0702. The summed E-state index contributed by atoms with van der Waals surface area (Å²) in [6, 6.07) is 0. The molecule has 5 nitrogen and oxygen atoms in total. The summed E-state index contributed by atoms with van der Waals surface area (Å²) in [7, 11) is -3.67. The van der Waals surface area contributed by atoms with Crippen LogP contribution in [-0.2, 0) is 20.4 Å². The summed E-state index contributed by atoms with van der Waals surface area (Å²) >= 11 is 1.35. The van der Waals surface area contributed by atoms with Gasteiger partial charge in [0.1, 0.15) is 0 Å². The lowest BCUT2D eigenvalue weighted by Gasteiger charge is -2.09. The number of carboxylic acids is 1. The van der Waals surface area contributed by atoms with Crippen LogP contribution in [0.4, 0.5) is 0 Å². The highest BCUT2D eigenvalue weighted by molar-refractivity contribution is 7.92. The molecule has 0 aromatic carbocycles. The fraction of sp³-hybridized carbons (Fsp3) is 0.556. The van der Waals surface area contributed by atoms with Gasteiger partial charge in [0.2, 0.25) is 0 Å². The molecule has 0 spiro atoms. The van der Waals surface area contributed by atoms with E-state index in [1.54, 1.807) is 19.2 Å². The maximum Gasteiger partial charge on any atom is 0.321 e. The largest absolute Gasteiger partial charge is 0.480 e. The van der Waals surface area contributed by atoms with Crippen molar-refractivity contribution in [2.45, 2.75) is 31.3 Å². The summed E-state index contributed by atoms with van der Waals surface area (Å²) in [5.74, 6) is -1.60. The number of aliphatic carboxylic acids is 1. The summed E-state index contributed by atoms with van der Waals surface area (Å²) in [5.41, 5.74) is 0.419. The summed E-state index contributed by atoms with van der Waals surface area (Å²) in [6.07, 6.45) is 0.0702. The molecule has 1 atom stereocenters. The molecule has 1 aromatic rings. The van der Waals surface area contributed by atoms with Crippen molar-refractivity contribution in [1.82, 2.24) is 4.98 Å². The predicted octanol–water partition coefficient (Wildman–Crippen LogP) is 1.23. The monoisotopic (exact) mass is 263 g/mol. The van der Waals surface area contributed by atoms with Gasteiger partial charge in [-0.05, 0) is 13.3 Å². The zero-order valence-electron chi connectivity index (χ0n) is 9.00. The number of aryl methyl sites for hydroxylation is 1. The molecule has 0 bridgehead atoms. The Bertz CT molecular complexity index is 477. The van der Waals surface area contributed by atoms with Crippen LogP contribution in [0, 0.1) is 6.92 Å². The Kier molecular flexibility index (Phi) is 4.03. The fourth-order valence-corrected chi connectivity index (χ4v) is 3.66. The van der Waals surface area contributed by atoms with Gasteiger partial charge in [-0.15, -0.1) is 11.3 Å². The molecule has 1 N–H and O–H groups in total. The normalized spacial score (nSPS) is 13.6. The van der Waals surface area contributed by atoms with E-state index in [4.69, 9.17) is 5.11 Å². The zero-order valence-corrected chi connectivity index (χ0v) is 10.6. The van der Waals surface area contributed by atoms with Gasteiger partial charge in [-0.25, -0.2) is 13.4 Å². The number of hydrogen-bond acceptors (Lipinski definition) is 5. The summed E-state index contributed by atoms with van der Waals surface area (Å²) in [5, 5.41) is 9.87. The fourth-order valence-electron chi connectivity index (χ4n) is 1.36. The minimum Gasteiger partial charge on any atom is -0.480 e. The van der Waals surface area contributed by atoms with Crippen LogP contribution in [0.3, 0.4) is 0 Å². The second kappa shape index (κ2) is 4.92. The molecule has 0 aliphatic carbocycles. The molecular formula is C9H13NO4S2. The molecule has 1 aromatic heterocycles. The lowest BCUT2D eigenvalue weighted by atomic mass is 10.3. The van der Waals surface area contributed by atoms with E-state index in [2.05, 4.69) is 4.98 Å². The number of nitrogens with zero attached hydrogens (tertiary/aromatic N) is 1. The molecule has 1 rings (SSSR count). The molecule has 0 saturated heterocycles. The van der Waals surface area contributed by atoms with Gasteiger partial charge in [-0.3, -0.25) is 4.79 Å². The van der Waals surface area contributed by atoms with E-state index in [0.29, 0.717) is 5.69 Å². The van der Waals surface area contributed by atoms with Gasteiger partial charge in [0.25, 0.3) is 0 Å². The lowest BCUT2D eigenvalue weighted by molar-refractivity contribution is -0.136. The average Bonchev–Trinajstić information content (AvgIpc) is 2.49. The number of thiazole rings is 1. The van der Waals surface area contributed by atoms with E-state index in [1.165, 1.54) is 11.3 Å². The van der Waals surface area contributed by atoms with Gasteiger partial charge in [-0.1, -0.05) is 6.92 Å². The summed E-state index contributed by atoms with van der Waals surface area (Å²) in [6.45, 7) is 3.32. The van der Waals surface area contributed by atoms with E-state index >= 15 is 0 Å². The first-order valence-electron chi connectivity index (χ1n) is 4.72. The Hall–Kier alpha value is -0.950. The highest BCUT2D eigenvalue weighted by atomic mass is 32.2. The molecule has 0 fully saturated rings. The first kappa shape index (κ1) is 13.1. The number of aromatic nitrogens is 1. The molecular weight excluding hydrogens is 250 g/mol. The Morgan fingerprint density at radius 3 is 2.62 bits per heavy atom. The van der Waals surface area contributed by atoms with E-state index in [0.717, 1.165) is 5.01 Å². The molecule has 0 aliphatic rings. The van der Waals surface area contributed by atoms with Crippen molar-refractivity contribution in [2.24, 2.45) is 0 Å². The van der Waals surface area contributed by atoms with Crippen LogP contribution in [0.2, 0.25) is 0 Å². The van der Waals surface area contributed by atoms with Gasteiger partial charge in [0.15, 0.2) is 15.1 Å². The highest BCUT2D eigenvalue weighted by Crippen LogP contribution is 2.16. The smallest absolute Gasteiger partial charge is 0.321 e. The standard InChI is InChI=1S/C9H13NO4S2/c1-3-8(9(11)12)16(13,14)5-7-4-15-6(2)10-7/h4,8H,3,5H2,1-2H3,(H,11,12). The molecule has 7 heteroatoms. The first-order valence-corrected chi connectivity index (χ1v) is 7.31. The van der Waals surface area contributed by atoms with Crippen LogP contribution in [0.15, 0.2) is 5.38 Å². The van der Waals surface area contributed by atoms with E-state index in [1.807, 2.05) is 0 Å². The van der Waals surface area contributed by atoms with Crippen molar-refractivity contribution in [2.75, 3.05) is 0 Å². The zero-order chi connectivity index (χ0) is 12.3. The third-order valence-corrected chi connectivity index (χ3v) is 5.02. The topological polar surface area (TPSA) is 84.3 Å². The van der Waals surface area contributed by atoms with Crippen LogP contribution >= 0.6 is 11.3 Å². The molecule has 16 heavy (non-hydrogen) atoms. The van der Waals surface area contributed by atoms with Crippen LogP contribution in [0.5, 0.6) is 0 Å². The van der Waals surface area contributed by atoms with Crippen LogP contribution in [0.1, 0.15) is 24.0 Å². The maximum atomic E-state index is 11.8. The number of sulfone groups is 1. The van der Waals surface area contributed by atoms with E-state index in [-0.39, 0.29) is 12.2 Å². The summed E-state index contributed by atoms with van der Waals surface area (Å²) in [4.78, 5) is 14.8. The average molecular weight is 263 g/mol. The molecule has 0 amide bonds. The second-order valence-corrected chi connectivity index (χ2v) is 6.65. The highest BCUT2D eigenvalue weighted by Gasteiger charge is 2.31. The second-order valence-electron chi connectivity index (χ2n) is 3.40. The van der Waals surface area contributed by atoms with Crippen LogP contribution in [0.25, 0.3) is 0 Å². The van der Waals surface area contributed by atoms with E-state index < -0.39 is 21.1 Å². The SMILES string of the molecule is CCC(C(=O)O)S(=O)(=O)Cc1csc(C)n1. The molecule has 1 unspecified atom stereocenters. The van der Waals surface area contributed by atoms with Crippen LogP contribution < -0.4 is 0 Å². The lowest BCUT2D eigenvalue weighted by Crippen LogP contribution is -2.30. The van der Waals surface area contributed by atoms with Crippen molar-refractivity contribution in [3.8, 4) is 0 Å². The molecule has 0 radical (unpaired) electrons. The van der Waals surface area contributed by atoms with Gasteiger partial charge >= 0.3 is 5.97 Å². The number of carboxylic acid groups (broad SMARTS) is 1. The van der Waals surface area contributed by atoms with Crippen molar-refractivity contribution in [3.05, 3.63) is 16.1 Å².